The van der Waals surface area contributed by atoms with Crippen molar-refractivity contribution in [3.05, 3.63) is 16.5 Å². The van der Waals surface area contributed by atoms with E-state index in [2.05, 4.69) is 53.7 Å². The summed E-state index contributed by atoms with van der Waals surface area (Å²) in [6, 6.07) is 1.55. The maximum atomic E-state index is 12.4. The molecule has 2 rings (SSSR count). The van der Waals surface area contributed by atoms with Gasteiger partial charge in [0.1, 0.15) is 10.7 Å². The molecule has 1 aliphatic carbocycles. The van der Waals surface area contributed by atoms with E-state index in [-0.39, 0.29) is 20.4 Å². The summed E-state index contributed by atoms with van der Waals surface area (Å²) in [4.78, 5) is 0.156. The summed E-state index contributed by atoms with van der Waals surface area (Å²) in [5, 5.41) is 2.93. The number of furan rings is 1. The lowest BCUT2D eigenvalue weighted by Crippen LogP contribution is -2.27. The van der Waals surface area contributed by atoms with Crippen LogP contribution in [0.5, 0.6) is 0 Å². The van der Waals surface area contributed by atoms with Crippen molar-refractivity contribution in [1.29, 1.82) is 0 Å². The topological polar surface area (TPSA) is 71.3 Å². The van der Waals surface area contributed by atoms with Crippen LogP contribution in [0.1, 0.15) is 33.5 Å². The molecule has 7 heteroatoms. The zero-order chi connectivity index (χ0) is 16.1. The highest BCUT2D eigenvalue weighted by Crippen LogP contribution is 2.68. The monoisotopic (exact) mass is 378 g/mol. The molecule has 0 saturated heterocycles. The second-order valence-corrected chi connectivity index (χ2v) is 9.18. The molecule has 5 nitrogen and oxygen atoms in total. The first kappa shape index (κ1) is 17.0. The van der Waals surface area contributed by atoms with Crippen LogP contribution < -0.4 is 10.0 Å². The Labute approximate surface area is 135 Å². The van der Waals surface area contributed by atoms with Gasteiger partial charge in [0.15, 0.2) is 4.67 Å². The van der Waals surface area contributed by atoms with Crippen molar-refractivity contribution in [2.24, 2.45) is 16.7 Å². The molecule has 120 valence electrons. The number of hydrogen-bond acceptors (Lipinski definition) is 4. The van der Waals surface area contributed by atoms with Gasteiger partial charge in [-0.25, -0.2) is 13.1 Å². The van der Waals surface area contributed by atoms with E-state index in [0.29, 0.717) is 24.8 Å². The minimum absolute atomic E-state index is 0.153. The Morgan fingerprint density at radius 1 is 1.29 bits per heavy atom. The van der Waals surface area contributed by atoms with Crippen LogP contribution in [0.3, 0.4) is 0 Å². The molecule has 1 fully saturated rings. The Balaban J connectivity index is 2.10. The maximum Gasteiger partial charge on any atom is 0.244 e. The molecule has 21 heavy (non-hydrogen) atoms. The molecule has 0 unspecified atom stereocenters. The van der Waals surface area contributed by atoms with E-state index < -0.39 is 10.0 Å². The number of rotatable bonds is 6. The summed E-state index contributed by atoms with van der Waals surface area (Å²) < 4.78 is 33.1. The lowest BCUT2D eigenvalue weighted by molar-refractivity contribution is 0.457. The van der Waals surface area contributed by atoms with Crippen LogP contribution in [-0.2, 0) is 16.6 Å². The normalized spacial score (nSPS) is 20.7. The van der Waals surface area contributed by atoms with Crippen LogP contribution in [0, 0.1) is 16.7 Å². The molecule has 1 aromatic heterocycles. The first-order valence-corrected chi connectivity index (χ1v) is 9.24. The third-order valence-corrected chi connectivity index (χ3v) is 7.42. The summed E-state index contributed by atoms with van der Waals surface area (Å²) in [6.07, 6.45) is 0. The first-order chi connectivity index (χ1) is 9.54. The van der Waals surface area contributed by atoms with E-state index in [9.17, 15) is 8.42 Å². The van der Waals surface area contributed by atoms with Crippen molar-refractivity contribution < 1.29 is 12.8 Å². The van der Waals surface area contributed by atoms with Crippen LogP contribution in [0.4, 0.5) is 0 Å². The van der Waals surface area contributed by atoms with Gasteiger partial charge in [-0.1, -0.05) is 27.7 Å². The maximum absolute atomic E-state index is 12.4. The van der Waals surface area contributed by atoms with Gasteiger partial charge in [-0.2, -0.15) is 0 Å². The van der Waals surface area contributed by atoms with Gasteiger partial charge in [0.05, 0.1) is 6.54 Å². The van der Waals surface area contributed by atoms with Gasteiger partial charge >= 0.3 is 0 Å². The van der Waals surface area contributed by atoms with Gasteiger partial charge in [0.2, 0.25) is 10.0 Å². The van der Waals surface area contributed by atoms with Gasteiger partial charge in [0, 0.05) is 12.6 Å². The van der Waals surface area contributed by atoms with E-state index in [0.717, 1.165) is 0 Å². The molecular weight excluding hydrogens is 356 g/mol. The van der Waals surface area contributed by atoms with Gasteiger partial charge in [-0.15, -0.1) is 0 Å². The minimum atomic E-state index is -3.56. The van der Waals surface area contributed by atoms with Crippen molar-refractivity contribution in [3.8, 4) is 0 Å². The van der Waals surface area contributed by atoms with E-state index in [1.807, 2.05) is 0 Å². The van der Waals surface area contributed by atoms with E-state index in [1.165, 1.54) is 0 Å². The van der Waals surface area contributed by atoms with E-state index in [1.54, 1.807) is 13.1 Å². The largest absolute Gasteiger partial charge is 0.452 e. The van der Waals surface area contributed by atoms with Crippen LogP contribution in [0.25, 0.3) is 0 Å². The fraction of sp³-hybridized carbons (Fsp3) is 0.714. The average molecular weight is 379 g/mol. The summed E-state index contributed by atoms with van der Waals surface area (Å²) >= 11 is 3.18. The van der Waals surface area contributed by atoms with Crippen molar-refractivity contribution >= 4 is 26.0 Å². The molecule has 0 spiro atoms. The smallest absolute Gasteiger partial charge is 0.244 e. The van der Waals surface area contributed by atoms with Crippen molar-refractivity contribution in [1.82, 2.24) is 10.0 Å². The molecule has 1 heterocycles. The Kier molecular flexibility index (Phi) is 4.34. The van der Waals surface area contributed by atoms with E-state index >= 15 is 0 Å². The SMILES string of the molecule is CNCc1cc(S(=O)(=O)NCC2C(C)(C)C2(C)C)c(Br)o1. The second kappa shape index (κ2) is 5.37. The van der Waals surface area contributed by atoms with Gasteiger partial charge < -0.3 is 9.73 Å². The summed E-state index contributed by atoms with van der Waals surface area (Å²) in [6.45, 7) is 9.61. The molecule has 0 aliphatic heterocycles. The number of hydrogen-bond donors (Lipinski definition) is 2. The highest BCUT2D eigenvalue weighted by atomic mass is 79.9. The van der Waals surface area contributed by atoms with Gasteiger partial charge in [-0.05, 0) is 39.7 Å². The molecule has 0 bridgehead atoms. The summed E-state index contributed by atoms with van der Waals surface area (Å²) in [7, 11) is -1.78. The molecule has 1 aromatic rings. The highest BCUT2D eigenvalue weighted by Gasteiger charge is 2.64. The Hall–Kier alpha value is -0.370. The quantitative estimate of drug-likeness (QED) is 0.797. The van der Waals surface area contributed by atoms with Crippen LogP contribution in [0.15, 0.2) is 20.0 Å². The average Bonchev–Trinajstić information content (AvgIpc) is 2.62. The predicted molar refractivity (Wildman–Crippen MR) is 85.4 cm³/mol. The third kappa shape index (κ3) is 2.93. The van der Waals surface area contributed by atoms with Gasteiger partial charge in [0.25, 0.3) is 0 Å². The molecular formula is C14H23BrN2O3S. The van der Waals surface area contributed by atoms with Crippen LogP contribution in [-0.4, -0.2) is 22.0 Å². The Morgan fingerprint density at radius 2 is 1.86 bits per heavy atom. The minimum Gasteiger partial charge on any atom is -0.452 e. The molecule has 0 amide bonds. The Bertz CT molecular complexity index is 621. The standard InChI is InChI=1S/C14H23BrN2O3S/c1-13(2)11(14(13,3)4)8-17-21(18,19)10-6-9(7-16-5)20-12(10)15/h6,11,16-17H,7-8H2,1-5H3. The zero-order valence-electron chi connectivity index (χ0n) is 13.1. The molecule has 1 aliphatic rings. The molecule has 0 radical (unpaired) electrons. The lowest BCUT2D eigenvalue weighted by atomic mass is 10.0. The molecule has 0 aromatic carbocycles. The highest BCUT2D eigenvalue weighted by molar-refractivity contribution is 9.10. The lowest BCUT2D eigenvalue weighted by Gasteiger charge is -2.06. The van der Waals surface area contributed by atoms with Crippen molar-refractivity contribution in [3.63, 3.8) is 0 Å². The van der Waals surface area contributed by atoms with Crippen molar-refractivity contribution in [2.75, 3.05) is 13.6 Å². The first-order valence-electron chi connectivity index (χ1n) is 6.96. The number of nitrogens with one attached hydrogen (secondary N) is 2. The second-order valence-electron chi connectivity index (χ2n) is 6.73. The number of sulfonamides is 1. The van der Waals surface area contributed by atoms with Gasteiger partial charge in [-0.3, -0.25) is 0 Å². The number of halogens is 1. The van der Waals surface area contributed by atoms with Crippen LogP contribution >= 0.6 is 15.9 Å². The third-order valence-electron chi connectivity index (χ3n) is 5.14. The fourth-order valence-corrected chi connectivity index (χ4v) is 5.00. The van der Waals surface area contributed by atoms with Crippen LogP contribution in [0.2, 0.25) is 0 Å². The Morgan fingerprint density at radius 3 is 2.33 bits per heavy atom. The fourth-order valence-electron chi connectivity index (χ4n) is 2.96. The van der Waals surface area contributed by atoms with E-state index in [4.69, 9.17) is 4.42 Å². The zero-order valence-corrected chi connectivity index (χ0v) is 15.5. The molecule has 1 saturated carbocycles. The molecule has 0 atom stereocenters. The molecule has 2 N–H and O–H groups in total. The summed E-state index contributed by atoms with van der Waals surface area (Å²) in [5.74, 6) is 0.916. The predicted octanol–water partition coefficient (Wildman–Crippen LogP) is 2.72. The van der Waals surface area contributed by atoms with Crippen molar-refractivity contribution in [2.45, 2.75) is 39.1 Å². The summed E-state index contributed by atoms with van der Waals surface area (Å²) in [5.41, 5.74) is 0.306.